The van der Waals surface area contributed by atoms with E-state index in [1.54, 1.807) is 17.7 Å². The largest absolute Gasteiger partial charge is 0.509 e. The molecule has 0 saturated heterocycles. The first-order chi connectivity index (χ1) is 11.1. The number of nitriles is 2. The normalized spacial score (nSPS) is 11.8. The summed E-state index contributed by atoms with van der Waals surface area (Å²) >= 11 is 0. The van der Waals surface area contributed by atoms with Crippen LogP contribution in [0.15, 0.2) is 36.4 Å². The first-order valence-electron chi connectivity index (χ1n) is 6.67. The van der Waals surface area contributed by atoms with Crippen molar-refractivity contribution in [2.45, 2.75) is 6.54 Å². The Morgan fingerprint density at radius 3 is 2.74 bits per heavy atom. The van der Waals surface area contributed by atoms with Crippen molar-refractivity contribution in [3.8, 4) is 12.1 Å². The lowest BCUT2D eigenvalue weighted by atomic mass is 10.2. The Morgan fingerprint density at radius 1 is 1.30 bits per heavy atom. The molecule has 0 saturated carbocycles. The van der Waals surface area contributed by atoms with Gasteiger partial charge in [0.25, 0.3) is 5.82 Å². The van der Waals surface area contributed by atoms with Crippen molar-refractivity contribution in [3.05, 3.63) is 48.0 Å². The molecule has 0 unspecified atom stereocenters. The monoisotopic (exact) mass is 305 g/mol. The van der Waals surface area contributed by atoms with Crippen molar-refractivity contribution >= 4 is 16.6 Å². The molecule has 0 fully saturated rings. The molecule has 0 aliphatic carbocycles. The molecule has 1 aromatic carbocycles. The number of aliphatic hydroxyl groups excluding tert-OH is 1. The molecule has 0 aliphatic heterocycles. The van der Waals surface area contributed by atoms with Crippen LogP contribution in [-0.2, 0) is 13.6 Å². The number of imidazole rings is 1. The van der Waals surface area contributed by atoms with E-state index in [0.29, 0.717) is 5.82 Å². The molecule has 0 bridgehead atoms. The van der Waals surface area contributed by atoms with E-state index < -0.39 is 0 Å². The number of aliphatic hydroxyl groups is 1. The number of hydrogen-bond donors (Lipinski definition) is 1. The molecule has 3 rings (SSSR count). The third-order valence-corrected chi connectivity index (χ3v) is 3.36. The average molecular weight is 305 g/mol. The molecular formula is C15H11N7O. The van der Waals surface area contributed by atoms with Gasteiger partial charge in [-0.05, 0) is 12.1 Å². The number of para-hydroxylation sites is 2. The number of aromatic nitrogens is 5. The Balaban J connectivity index is 2.04. The highest BCUT2D eigenvalue weighted by molar-refractivity contribution is 5.83. The summed E-state index contributed by atoms with van der Waals surface area (Å²) in [5, 5.41) is 32.3. The van der Waals surface area contributed by atoms with Gasteiger partial charge in [-0.1, -0.05) is 12.1 Å². The van der Waals surface area contributed by atoms with Crippen LogP contribution in [0, 0.1) is 22.7 Å². The number of fused-ring (bicyclic) bond motifs is 1. The zero-order chi connectivity index (χ0) is 16.4. The predicted molar refractivity (Wildman–Crippen MR) is 80.6 cm³/mol. The average Bonchev–Trinajstić information content (AvgIpc) is 3.14. The second kappa shape index (κ2) is 5.62. The summed E-state index contributed by atoms with van der Waals surface area (Å²) < 4.78 is 3.03. The summed E-state index contributed by atoms with van der Waals surface area (Å²) in [7, 11) is 1.78. The van der Waals surface area contributed by atoms with Crippen LogP contribution < -0.4 is 0 Å². The van der Waals surface area contributed by atoms with Crippen LogP contribution in [0.4, 0.5) is 0 Å². The minimum Gasteiger partial charge on any atom is -0.509 e. The highest BCUT2D eigenvalue weighted by Gasteiger charge is 2.17. The zero-order valence-corrected chi connectivity index (χ0v) is 12.2. The maximum atomic E-state index is 10.3. The lowest BCUT2D eigenvalue weighted by Crippen LogP contribution is -2.06. The molecule has 0 aliphatic rings. The van der Waals surface area contributed by atoms with E-state index in [1.165, 1.54) is 11.0 Å². The quantitative estimate of drug-likeness (QED) is 0.579. The first kappa shape index (κ1) is 14.3. The first-order valence-corrected chi connectivity index (χ1v) is 6.67. The maximum absolute atomic E-state index is 10.3. The van der Waals surface area contributed by atoms with Gasteiger partial charge in [-0.25, -0.2) is 14.6 Å². The van der Waals surface area contributed by atoms with Crippen molar-refractivity contribution in [1.29, 1.82) is 10.5 Å². The van der Waals surface area contributed by atoms with Gasteiger partial charge in [0.2, 0.25) is 0 Å². The predicted octanol–water partition coefficient (Wildman–Crippen LogP) is 1.53. The number of rotatable bonds is 3. The molecule has 8 heteroatoms. The molecule has 2 aromatic heterocycles. The van der Waals surface area contributed by atoms with Gasteiger partial charge in [-0.2, -0.15) is 10.5 Å². The van der Waals surface area contributed by atoms with E-state index in [9.17, 15) is 10.4 Å². The Kier molecular flexibility index (Phi) is 3.49. The molecule has 0 amide bonds. The van der Waals surface area contributed by atoms with Crippen molar-refractivity contribution in [2.75, 3.05) is 0 Å². The van der Waals surface area contributed by atoms with E-state index in [1.807, 2.05) is 30.3 Å². The van der Waals surface area contributed by atoms with Gasteiger partial charge in [-0.3, -0.25) is 0 Å². The van der Waals surface area contributed by atoms with Gasteiger partial charge in [0, 0.05) is 7.05 Å². The standard InChI is InChI=1S/C15H11N7O/c1-21-12-5-3-2-4-11(12)19-15(21)10(6-16)13(23)8-22-9-18-14(7-17)20-22/h2-5,9,23H,8H2,1H3/b13-10-. The maximum Gasteiger partial charge on any atom is 0.252 e. The van der Waals surface area contributed by atoms with Crippen LogP contribution in [0.1, 0.15) is 11.6 Å². The molecule has 2 heterocycles. The van der Waals surface area contributed by atoms with Crippen LogP contribution in [0.5, 0.6) is 0 Å². The highest BCUT2D eigenvalue weighted by Crippen LogP contribution is 2.22. The molecular weight excluding hydrogens is 294 g/mol. The third-order valence-electron chi connectivity index (χ3n) is 3.36. The van der Waals surface area contributed by atoms with E-state index >= 15 is 0 Å². The zero-order valence-electron chi connectivity index (χ0n) is 12.2. The Hall–Kier alpha value is -3.65. The van der Waals surface area contributed by atoms with Crippen LogP contribution in [0.25, 0.3) is 16.6 Å². The topological polar surface area (TPSA) is 116 Å². The number of hydrogen-bond acceptors (Lipinski definition) is 6. The molecule has 23 heavy (non-hydrogen) atoms. The van der Waals surface area contributed by atoms with Gasteiger partial charge in [0.15, 0.2) is 5.82 Å². The highest BCUT2D eigenvalue weighted by atomic mass is 16.3. The van der Waals surface area contributed by atoms with Gasteiger partial charge in [0.1, 0.15) is 36.3 Å². The van der Waals surface area contributed by atoms with Crippen molar-refractivity contribution < 1.29 is 5.11 Å². The summed E-state index contributed by atoms with van der Waals surface area (Å²) in [4.78, 5) is 8.14. The Morgan fingerprint density at radius 2 is 2.09 bits per heavy atom. The Labute approximate surface area is 131 Å². The van der Waals surface area contributed by atoms with Crippen LogP contribution in [0.3, 0.4) is 0 Å². The lowest BCUT2D eigenvalue weighted by molar-refractivity contribution is 0.370. The summed E-state index contributed by atoms with van der Waals surface area (Å²) in [6.45, 7) is -0.0687. The molecule has 0 spiro atoms. The SMILES string of the molecule is Cn1c(/C(C#N)=C(\O)Cn2cnc(C#N)n2)nc2ccccc21. The molecule has 112 valence electrons. The number of aryl methyl sites for hydroxylation is 1. The summed E-state index contributed by atoms with van der Waals surface area (Å²) in [6.07, 6.45) is 1.32. The fraction of sp³-hybridized carbons (Fsp3) is 0.133. The van der Waals surface area contributed by atoms with Crippen molar-refractivity contribution in [1.82, 2.24) is 24.3 Å². The second-order valence-electron chi connectivity index (χ2n) is 4.79. The number of benzene rings is 1. The third kappa shape index (κ3) is 2.49. The minimum absolute atomic E-state index is 0.000891. The van der Waals surface area contributed by atoms with E-state index in [0.717, 1.165) is 11.0 Å². The molecule has 3 aromatic rings. The van der Waals surface area contributed by atoms with Crippen LogP contribution in [0.2, 0.25) is 0 Å². The van der Waals surface area contributed by atoms with Crippen LogP contribution in [-0.4, -0.2) is 29.4 Å². The molecule has 1 N–H and O–H groups in total. The molecule has 0 atom stereocenters. The van der Waals surface area contributed by atoms with E-state index in [-0.39, 0.29) is 23.7 Å². The van der Waals surface area contributed by atoms with Gasteiger partial charge < -0.3 is 9.67 Å². The van der Waals surface area contributed by atoms with E-state index in [4.69, 9.17) is 5.26 Å². The number of allylic oxidation sites excluding steroid dienone is 2. The summed E-state index contributed by atoms with van der Waals surface area (Å²) in [5.41, 5.74) is 1.64. The van der Waals surface area contributed by atoms with Crippen molar-refractivity contribution in [3.63, 3.8) is 0 Å². The molecule has 0 radical (unpaired) electrons. The molecule has 8 nitrogen and oxygen atoms in total. The summed E-state index contributed by atoms with van der Waals surface area (Å²) in [6, 6.07) is 11.2. The van der Waals surface area contributed by atoms with Crippen LogP contribution >= 0.6 is 0 Å². The van der Waals surface area contributed by atoms with Gasteiger partial charge >= 0.3 is 0 Å². The Bertz CT molecular complexity index is 997. The fourth-order valence-corrected chi connectivity index (χ4v) is 2.27. The smallest absolute Gasteiger partial charge is 0.252 e. The summed E-state index contributed by atoms with van der Waals surface area (Å²) in [5.74, 6) is 0.172. The number of nitrogens with zero attached hydrogens (tertiary/aromatic N) is 7. The van der Waals surface area contributed by atoms with E-state index in [2.05, 4.69) is 15.1 Å². The fourth-order valence-electron chi connectivity index (χ4n) is 2.27. The van der Waals surface area contributed by atoms with Gasteiger partial charge in [0.05, 0.1) is 11.0 Å². The van der Waals surface area contributed by atoms with Crippen molar-refractivity contribution in [2.24, 2.45) is 7.05 Å². The van der Waals surface area contributed by atoms with Gasteiger partial charge in [-0.15, -0.1) is 5.10 Å². The minimum atomic E-state index is -0.194. The lowest BCUT2D eigenvalue weighted by Gasteiger charge is -2.05. The second-order valence-corrected chi connectivity index (χ2v) is 4.79.